The van der Waals surface area contributed by atoms with Crippen LogP contribution in [-0.2, 0) is 25.6 Å². The second-order valence-electron chi connectivity index (χ2n) is 9.97. The molecule has 0 unspecified atom stereocenters. The number of hydrogen-bond donors (Lipinski definition) is 6. The van der Waals surface area contributed by atoms with Gasteiger partial charge in [0.25, 0.3) is 0 Å². The minimum absolute atomic E-state index is 0.103. The maximum absolute atomic E-state index is 13.2. The first-order chi connectivity index (χ1) is 17.0. The zero-order valence-corrected chi connectivity index (χ0v) is 22.0. The highest BCUT2D eigenvalue weighted by atomic mass is 16.2. The number of nitrogens with two attached hydrogens (primary N) is 3. The van der Waals surface area contributed by atoms with Gasteiger partial charge in [-0.2, -0.15) is 0 Å². The van der Waals surface area contributed by atoms with Crippen LogP contribution < -0.4 is 33.2 Å². The zero-order chi connectivity index (χ0) is 27.3. The van der Waals surface area contributed by atoms with E-state index in [1.807, 2.05) is 44.2 Å². The quantitative estimate of drug-likeness (QED) is 0.176. The highest BCUT2D eigenvalue weighted by Crippen LogP contribution is 2.10. The van der Waals surface area contributed by atoms with Crippen molar-refractivity contribution in [1.82, 2.24) is 16.0 Å². The number of unbranched alkanes of at least 4 members (excludes halogenated alkanes) is 1. The average molecular weight is 505 g/mol. The third-order valence-electron chi connectivity index (χ3n) is 5.84. The Bertz CT molecular complexity index is 846. The van der Waals surface area contributed by atoms with E-state index in [0.717, 1.165) is 12.0 Å². The third-order valence-corrected chi connectivity index (χ3v) is 5.84. The molecule has 0 heterocycles. The molecule has 9 N–H and O–H groups in total. The van der Waals surface area contributed by atoms with Gasteiger partial charge in [0, 0.05) is 6.42 Å². The summed E-state index contributed by atoms with van der Waals surface area (Å²) in [4.78, 5) is 50.9. The Kier molecular flexibility index (Phi) is 13.7. The van der Waals surface area contributed by atoms with Crippen LogP contribution in [0.4, 0.5) is 0 Å². The fourth-order valence-electron chi connectivity index (χ4n) is 3.74. The molecule has 0 spiro atoms. The number of nitrogens with one attached hydrogen (secondary N) is 3. The van der Waals surface area contributed by atoms with E-state index in [9.17, 15) is 19.2 Å². The van der Waals surface area contributed by atoms with E-state index in [-0.39, 0.29) is 18.3 Å². The van der Waals surface area contributed by atoms with Crippen LogP contribution in [0.5, 0.6) is 0 Å². The second-order valence-corrected chi connectivity index (χ2v) is 9.97. The van der Waals surface area contributed by atoms with Crippen LogP contribution in [0.25, 0.3) is 0 Å². The molecule has 0 bridgehead atoms. The maximum atomic E-state index is 13.2. The highest BCUT2D eigenvalue weighted by molar-refractivity contribution is 5.94. The maximum Gasteiger partial charge on any atom is 0.243 e. The van der Waals surface area contributed by atoms with Crippen molar-refractivity contribution in [3.05, 3.63) is 35.9 Å². The second kappa shape index (κ2) is 15.9. The van der Waals surface area contributed by atoms with Gasteiger partial charge in [-0.05, 0) is 43.2 Å². The van der Waals surface area contributed by atoms with Gasteiger partial charge in [0.2, 0.25) is 23.6 Å². The summed E-state index contributed by atoms with van der Waals surface area (Å²) in [6, 6.07) is 5.72. The van der Waals surface area contributed by atoms with Crippen molar-refractivity contribution in [3.8, 4) is 0 Å². The number of rotatable bonds is 16. The van der Waals surface area contributed by atoms with E-state index in [4.69, 9.17) is 17.2 Å². The number of benzene rings is 1. The Morgan fingerprint density at radius 2 is 1.44 bits per heavy atom. The summed E-state index contributed by atoms with van der Waals surface area (Å²) in [6.45, 7) is 7.95. The third kappa shape index (κ3) is 11.2. The summed E-state index contributed by atoms with van der Waals surface area (Å²) in [5.41, 5.74) is 17.9. The lowest BCUT2D eigenvalue weighted by Crippen LogP contribution is -2.59. The molecule has 202 valence electrons. The minimum atomic E-state index is -0.935. The van der Waals surface area contributed by atoms with Crippen LogP contribution in [0.1, 0.15) is 58.9 Å². The molecule has 0 aromatic heterocycles. The van der Waals surface area contributed by atoms with Crippen molar-refractivity contribution < 1.29 is 19.2 Å². The Hall–Kier alpha value is -2.98. The fourth-order valence-corrected chi connectivity index (χ4v) is 3.74. The molecule has 0 fully saturated rings. The molecule has 10 nitrogen and oxygen atoms in total. The molecule has 1 aromatic carbocycles. The van der Waals surface area contributed by atoms with E-state index in [1.165, 1.54) is 0 Å². The first-order valence-corrected chi connectivity index (χ1v) is 12.7. The fraction of sp³-hybridized carbons (Fsp3) is 0.615. The van der Waals surface area contributed by atoms with E-state index >= 15 is 0 Å². The summed E-state index contributed by atoms with van der Waals surface area (Å²) in [5.74, 6) is -2.28. The largest absolute Gasteiger partial charge is 0.368 e. The Morgan fingerprint density at radius 1 is 0.833 bits per heavy atom. The molecule has 0 aliphatic carbocycles. The van der Waals surface area contributed by atoms with Crippen molar-refractivity contribution in [2.75, 3.05) is 6.54 Å². The van der Waals surface area contributed by atoms with E-state index < -0.39 is 47.8 Å². The summed E-state index contributed by atoms with van der Waals surface area (Å²) in [6.07, 6.45) is 2.54. The molecule has 4 atom stereocenters. The molecule has 0 aliphatic heterocycles. The van der Waals surface area contributed by atoms with Gasteiger partial charge in [-0.25, -0.2) is 0 Å². The van der Waals surface area contributed by atoms with Crippen LogP contribution in [0.15, 0.2) is 30.3 Å². The van der Waals surface area contributed by atoms with Gasteiger partial charge < -0.3 is 33.2 Å². The van der Waals surface area contributed by atoms with Gasteiger partial charge in [0.1, 0.15) is 18.1 Å². The molecule has 0 radical (unpaired) electrons. The van der Waals surface area contributed by atoms with Gasteiger partial charge in [-0.3, -0.25) is 19.2 Å². The Balaban J connectivity index is 2.91. The van der Waals surface area contributed by atoms with Crippen molar-refractivity contribution in [2.45, 2.75) is 84.0 Å². The number of primary amides is 1. The van der Waals surface area contributed by atoms with Crippen LogP contribution in [0.3, 0.4) is 0 Å². The smallest absolute Gasteiger partial charge is 0.243 e. The summed E-state index contributed by atoms with van der Waals surface area (Å²) in [5, 5.41) is 8.16. The van der Waals surface area contributed by atoms with Crippen LogP contribution in [0.2, 0.25) is 0 Å². The molecule has 0 saturated carbocycles. The molecule has 1 rings (SSSR count). The lowest BCUT2D eigenvalue weighted by molar-refractivity contribution is -0.134. The van der Waals surface area contributed by atoms with Gasteiger partial charge in [-0.15, -0.1) is 0 Å². The summed E-state index contributed by atoms with van der Waals surface area (Å²) >= 11 is 0. The van der Waals surface area contributed by atoms with Crippen molar-refractivity contribution in [1.29, 1.82) is 0 Å². The molecular formula is C26H44N6O4. The van der Waals surface area contributed by atoms with Gasteiger partial charge >= 0.3 is 0 Å². The lowest BCUT2D eigenvalue weighted by atomic mass is 9.98. The number of hydrogen-bond acceptors (Lipinski definition) is 6. The summed E-state index contributed by atoms with van der Waals surface area (Å²) in [7, 11) is 0. The highest BCUT2D eigenvalue weighted by Gasteiger charge is 2.31. The lowest BCUT2D eigenvalue weighted by Gasteiger charge is -2.28. The predicted molar refractivity (Wildman–Crippen MR) is 140 cm³/mol. The zero-order valence-electron chi connectivity index (χ0n) is 22.0. The van der Waals surface area contributed by atoms with Crippen molar-refractivity contribution >= 4 is 23.6 Å². The van der Waals surface area contributed by atoms with E-state index in [1.54, 1.807) is 13.8 Å². The molecule has 4 amide bonds. The minimum Gasteiger partial charge on any atom is -0.368 e. The molecule has 0 saturated heterocycles. The number of amides is 4. The number of carbonyl (C=O) groups excluding carboxylic acids is 4. The van der Waals surface area contributed by atoms with Crippen LogP contribution in [-0.4, -0.2) is 54.3 Å². The Labute approximate surface area is 214 Å². The van der Waals surface area contributed by atoms with Crippen molar-refractivity contribution in [2.24, 2.45) is 29.0 Å². The topological polar surface area (TPSA) is 182 Å². The predicted octanol–water partition coefficient (Wildman–Crippen LogP) is 0.327. The van der Waals surface area contributed by atoms with Crippen LogP contribution in [0, 0.1) is 11.8 Å². The van der Waals surface area contributed by atoms with Gasteiger partial charge in [-0.1, -0.05) is 64.4 Å². The Morgan fingerprint density at radius 3 is 1.97 bits per heavy atom. The van der Waals surface area contributed by atoms with Crippen molar-refractivity contribution in [3.63, 3.8) is 0 Å². The average Bonchev–Trinajstić information content (AvgIpc) is 2.81. The van der Waals surface area contributed by atoms with Gasteiger partial charge in [0.05, 0.1) is 6.04 Å². The normalized spacial score (nSPS) is 14.6. The standard InChI is InChI=1S/C26H44N6O4/c1-16(2)14-21(31-24(34)19(28)12-8-9-13-27)25(35)32-22(17(3)4)26(36)30-20(23(29)33)15-18-10-6-5-7-11-18/h5-7,10-11,16-17,19-22H,8-9,12-15,27-28H2,1-4H3,(H2,29,33)(H,30,36)(H,31,34)(H,32,35)/t19-,20-,21-,22-/m1/s1. The van der Waals surface area contributed by atoms with E-state index in [2.05, 4.69) is 16.0 Å². The van der Waals surface area contributed by atoms with Gasteiger partial charge in [0.15, 0.2) is 0 Å². The molecule has 1 aromatic rings. The molecule has 36 heavy (non-hydrogen) atoms. The summed E-state index contributed by atoms with van der Waals surface area (Å²) < 4.78 is 0. The molecular weight excluding hydrogens is 460 g/mol. The van der Waals surface area contributed by atoms with E-state index in [0.29, 0.717) is 25.8 Å². The van der Waals surface area contributed by atoms with Crippen LogP contribution >= 0.6 is 0 Å². The molecule has 0 aliphatic rings. The first-order valence-electron chi connectivity index (χ1n) is 12.7. The first kappa shape index (κ1) is 31.1. The SMILES string of the molecule is CC(C)C[C@@H](NC(=O)[C@H](N)CCCCN)C(=O)N[C@@H](C(=O)N[C@H](Cc1ccccc1)C(N)=O)C(C)C. The number of carbonyl (C=O) groups is 4. The molecule has 10 heteroatoms. The monoisotopic (exact) mass is 504 g/mol.